The Labute approximate surface area is 110 Å². The number of fused-ring (bicyclic) bond motifs is 1. The highest BCUT2D eigenvalue weighted by Gasteiger charge is 2.27. The Morgan fingerprint density at radius 2 is 1.89 bits per heavy atom. The van der Waals surface area contributed by atoms with Gasteiger partial charge in [0.25, 0.3) is 0 Å². The van der Waals surface area contributed by atoms with E-state index >= 15 is 0 Å². The average Bonchev–Trinajstić information content (AvgIpc) is 2.71. The van der Waals surface area contributed by atoms with Crippen LogP contribution in [0.5, 0.6) is 0 Å². The molecule has 0 unspecified atom stereocenters. The second-order valence-electron chi connectivity index (χ2n) is 4.73. The summed E-state index contributed by atoms with van der Waals surface area (Å²) in [6.07, 6.45) is 1.58. The van der Waals surface area contributed by atoms with E-state index in [1.165, 1.54) is 6.07 Å². The largest absolute Gasteiger partial charge is 0.330 e. The summed E-state index contributed by atoms with van der Waals surface area (Å²) in [6.45, 7) is 6.03. The van der Waals surface area contributed by atoms with Crippen LogP contribution < -0.4 is 0 Å². The summed E-state index contributed by atoms with van der Waals surface area (Å²) in [4.78, 5) is 2.94. The quantitative estimate of drug-likeness (QED) is 0.814. The van der Waals surface area contributed by atoms with Crippen LogP contribution in [-0.4, -0.2) is 9.55 Å². The van der Waals surface area contributed by atoms with E-state index in [-0.39, 0.29) is 11.1 Å². The molecule has 5 heteroatoms. The first-order chi connectivity index (χ1) is 8.44. The van der Waals surface area contributed by atoms with Gasteiger partial charge in [-0.1, -0.05) is 13.8 Å². The van der Waals surface area contributed by atoms with Gasteiger partial charge < -0.3 is 9.55 Å². The van der Waals surface area contributed by atoms with Crippen LogP contribution in [0.3, 0.4) is 0 Å². The smallest absolute Gasteiger partial charge is 0.184 e. The lowest BCUT2D eigenvalue weighted by molar-refractivity contribution is 0.296. The molecule has 2 rings (SSSR count). The van der Waals surface area contributed by atoms with Crippen molar-refractivity contribution in [3.63, 3.8) is 0 Å². The first kappa shape index (κ1) is 13.2. The number of H-pyrrole nitrogens is 1. The van der Waals surface area contributed by atoms with Gasteiger partial charge in [-0.25, -0.2) is 8.78 Å². The Bertz CT molecular complexity index is 638. The first-order valence-corrected chi connectivity index (χ1v) is 6.44. The van der Waals surface area contributed by atoms with E-state index in [9.17, 15) is 8.78 Å². The molecule has 1 aromatic carbocycles. The molecule has 98 valence electrons. The summed E-state index contributed by atoms with van der Waals surface area (Å²) in [6, 6.07) is 2.63. The zero-order valence-electron chi connectivity index (χ0n) is 10.7. The van der Waals surface area contributed by atoms with Gasteiger partial charge in [0, 0.05) is 5.54 Å². The van der Waals surface area contributed by atoms with Gasteiger partial charge in [0.2, 0.25) is 0 Å². The van der Waals surface area contributed by atoms with E-state index in [2.05, 4.69) is 4.98 Å². The molecule has 2 aromatic rings. The van der Waals surface area contributed by atoms with Crippen molar-refractivity contribution in [1.82, 2.24) is 9.55 Å². The molecule has 1 heterocycles. The van der Waals surface area contributed by atoms with E-state index in [1.807, 2.05) is 20.8 Å². The maximum absolute atomic E-state index is 14.0. The van der Waals surface area contributed by atoms with E-state index in [4.69, 9.17) is 12.2 Å². The zero-order chi connectivity index (χ0) is 13.5. The molecule has 0 spiro atoms. The molecule has 18 heavy (non-hydrogen) atoms. The molecule has 0 atom stereocenters. The minimum atomic E-state index is -0.847. The predicted molar refractivity (Wildman–Crippen MR) is 71.3 cm³/mol. The number of nitrogens with one attached hydrogen (secondary N) is 1. The first-order valence-electron chi connectivity index (χ1n) is 6.03. The third-order valence-electron chi connectivity index (χ3n) is 3.80. The fourth-order valence-corrected chi connectivity index (χ4v) is 2.63. The minimum Gasteiger partial charge on any atom is -0.330 e. The van der Waals surface area contributed by atoms with E-state index in [1.54, 1.807) is 4.57 Å². The number of aromatic amines is 1. The predicted octanol–water partition coefficient (Wildman–Crippen LogP) is 4.51. The van der Waals surface area contributed by atoms with Crippen LogP contribution in [-0.2, 0) is 5.54 Å². The maximum atomic E-state index is 14.0. The van der Waals surface area contributed by atoms with Gasteiger partial charge in [0.05, 0.1) is 5.52 Å². The van der Waals surface area contributed by atoms with Crippen LogP contribution in [0.4, 0.5) is 8.78 Å². The van der Waals surface area contributed by atoms with Gasteiger partial charge in [-0.3, -0.25) is 0 Å². The summed E-state index contributed by atoms with van der Waals surface area (Å²) in [7, 11) is 0. The summed E-state index contributed by atoms with van der Waals surface area (Å²) in [5.74, 6) is -1.69. The van der Waals surface area contributed by atoms with E-state index in [0.29, 0.717) is 10.3 Å². The van der Waals surface area contributed by atoms with Crippen molar-refractivity contribution >= 4 is 23.3 Å². The Hall–Kier alpha value is -1.23. The van der Waals surface area contributed by atoms with Crippen LogP contribution in [0.25, 0.3) is 11.0 Å². The molecule has 0 aliphatic heterocycles. The standard InChI is InChI=1S/C13H16F2N2S/c1-4-13(3,5-2)17-11-9(16-12(17)18)7-6-8(14)10(11)15/h6-7H,4-5H2,1-3H3,(H,16,18). The average molecular weight is 270 g/mol. The molecule has 0 fully saturated rings. The Morgan fingerprint density at radius 1 is 1.28 bits per heavy atom. The molecule has 0 bridgehead atoms. The molecule has 1 N–H and O–H groups in total. The highest BCUT2D eigenvalue weighted by atomic mass is 32.1. The summed E-state index contributed by atoms with van der Waals surface area (Å²) in [5.41, 5.74) is 0.447. The Balaban J connectivity index is 2.90. The van der Waals surface area contributed by atoms with Crippen LogP contribution in [0.1, 0.15) is 33.6 Å². The number of hydrogen-bond donors (Lipinski definition) is 1. The third kappa shape index (κ3) is 1.77. The molecule has 0 radical (unpaired) electrons. The normalized spacial score (nSPS) is 12.3. The lowest BCUT2D eigenvalue weighted by atomic mass is 9.95. The highest BCUT2D eigenvalue weighted by molar-refractivity contribution is 7.71. The van der Waals surface area contributed by atoms with Crippen molar-refractivity contribution in [3.05, 3.63) is 28.5 Å². The molecule has 0 saturated carbocycles. The number of nitrogens with zero attached hydrogens (tertiary/aromatic N) is 1. The van der Waals surface area contributed by atoms with Gasteiger partial charge in [-0.2, -0.15) is 0 Å². The Morgan fingerprint density at radius 3 is 2.44 bits per heavy atom. The molecular weight excluding hydrogens is 254 g/mol. The van der Waals surface area contributed by atoms with Crippen LogP contribution in [0.2, 0.25) is 0 Å². The van der Waals surface area contributed by atoms with Crippen molar-refractivity contribution in [1.29, 1.82) is 0 Å². The molecular formula is C13H16F2N2S. The summed E-state index contributed by atoms with van der Waals surface area (Å²) >= 11 is 5.25. The Kier molecular flexibility index (Phi) is 3.27. The van der Waals surface area contributed by atoms with Crippen molar-refractivity contribution in [2.24, 2.45) is 0 Å². The monoisotopic (exact) mass is 270 g/mol. The van der Waals surface area contributed by atoms with Gasteiger partial charge in [-0.15, -0.1) is 0 Å². The molecule has 0 saturated heterocycles. The minimum absolute atomic E-state index is 0.228. The van der Waals surface area contributed by atoms with E-state index in [0.717, 1.165) is 18.9 Å². The van der Waals surface area contributed by atoms with Crippen LogP contribution in [0, 0.1) is 16.4 Å². The van der Waals surface area contributed by atoms with E-state index < -0.39 is 11.6 Å². The van der Waals surface area contributed by atoms with Crippen molar-refractivity contribution in [2.75, 3.05) is 0 Å². The number of rotatable bonds is 3. The number of benzene rings is 1. The number of halogens is 2. The number of hydrogen-bond acceptors (Lipinski definition) is 1. The van der Waals surface area contributed by atoms with Crippen molar-refractivity contribution in [3.8, 4) is 0 Å². The second-order valence-corrected chi connectivity index (χ2v) is 5.11. The lowest BCUT2D eigenvalue weighted by Crippen LogP contribution is -2.28. The SMILES string of the molecule is CCC(C)(CC)n1c(=S)[nH]c2ccc(F)c(F)c21. The summed E-state index contributed by atoms with van der Waals surface area (Å²) in [5, 5.41) is 0. The molecule has 1 aromatic heterocycles. The number of aromatic nitrogens is 2. The highest BCUT2D eigenvalue weighted by Crippen LogP contribution is 2.31. The number of imidazole rings is 1. The maximum Gasteiger partial charge on any atom is 0.184 e. The molecule has 2 nitrogen and oxygen atoms in total. The topological polar surface area (TPSA) is 20.7 Å². The fraction of sp³-hybridized carbons (Fsp3) is 0.462. The van der Waals surface area contributed by atoms with Gasteiger partial charge in [-0.05, 0) is 44.1 Å². The molecule has 0 aliphatic rings. The van der Waals surface area contributed by atoms with Gasteiger partial charge in [0.1, 0.15) is 5.52 Å². The van der Waals surface area contributed by atoms with Gasteiger partial charge in [0.15, 0.2) is 16.4 Å². The third-order valence-corrected chi connectivity index (χ3v) is 4.09. The lowest BCUT2D eigenvalue weighted by Gasteiger charge is -2.29. The second kappa shape index (κ2) is 4.46. The van der Waals surface area contributed by atoms with Crippen molar-refractivity contribution in [2.45, 2.75) is 39.2 Å². The fourth-order valence-electron chi connectivity index (χ4n) is 2.21. The molecule has 0 aliphatic carbocycles. The zero-order valence-corrected chi connectivity index (χ0v) is 11.5. The van der Waals surface area contributed by atoms with Gasteiger partial charge >= 0.3 is 0 Å². The van der Waals surface area contributed by atoms with Crippen molar-refractivity contribution < 1.29 is 8.78 Å². The molecule has 0 amide bonds. The van der Waals surface area contributed by atoms with Crippen LogP contribution >= 0.6 is 12.2 Å². The van der Waals surface area contributed by atoms with Crippen LogP contribution in [0.15, 0.2) is 12.1 Å². The summed E-state index contributed by atoms with van der Waals surface area (Å²) < 4.78 is 29.5.